The van der Waals surface area contributed by atoms with Gasteiger partial charge in [-0.05, 0) is 33.1 Å². The molecule has 0 aliphatic carbocycles. The van der Waals surface area contributed by atoms with Gasteiger partial charge in [0.1, 0.15) is 12.1 Å². The highest BCUT2D eigenvalue weighted by molar-refractivity contribution is 5.41. The van der Waals surface area contributed by atoms with Crippen molar-refractivity contribution in [3.05, 3.63) is 24.0 Å². The van der Waals surface area contributed by atoms with Crippen LogP contribution in [0, 0.1) is 5.41 Å². The molecule has 2 heterocycles. The first-order chi connectivity index (χ1) is 10.1. The number of allylic oxidation sites excluding steroid dienone is 2. The van der Waals surface area contributed by atoms with Crippen molar-refractivity contribution in [2.75, 3.05) is 31.7 Å². The molecule has 0 bridgehead atoms. The van der Waals surface area contributed by atoms with E-state index in [0.717, 1.165) is 38.2 Å². The summed E-state index contributed by atoms with van der Waals surface area (Å²) in [6, 6.07) is 1.86. The summed E-state index contributed by atoms with van der Waals surface area (Å²) < 4.78 is 5.17. The van der Waals surface area contributed by atoms with Gasteiger partial charge in [0.15, 0.2) is 0 Å². The van der Waals surface area contributed by atoms with Crippen molar-refractivity contribution >= 4 is 5.82 Å². The Bertz CT molecular complexity index is 500. The van der Waals surface area contributed by atoms with Crippen LogP contribution < -0.4 is 9.64 Å². The molecule has 1 aliphatic rings. The Labute approximate surface area is 126 Å². The lowest BCUT2D eigenvalue weighted by molar-refractivity contribution is 0.107. The summed E-state index contributed by atoms with van der Waals surface area (Å²) in [4.78, 5) is 10.6. The Hall–Kier alpha value is -1.62. The van der Waals surface area contributed by atoms with Crippen LogP contribution in [-0.4, -0.2) is 41.9 Å². The molecule has 1 aliphatic heterocycles. The number of anilines is 1. The zero-order valence-electron chi connectivity index (χ0n) is 13.2. The van der Waals surface area contributed by atoms with Crippen LogP contribution in [-0.2, 0) is 0 Å². The third-order valence-electron chi connectivity index (χ3n) is 4.10. The zero-order chi connectivity index (χ0) is 15.3. The molecule has 1 atom stereocenters. The quantitative estimate of drug-likeness (QED) is 0.844. The molecule has 5 heteroatoms. The maximum absolute atomic E-state index is 9.91. The lowest BCUT2D eigenvalue weighted by Gasteiger charge is -2.42. The average molecular weight is 291 g/mol. The molecular formula is C16H25N3O2. The van der Waals surface area contributed by atoms with E-state index in [1.54, 1.807) is 7.11 Å². The highest BCUT2D eigenvalue weighted by Crippen LogP contribution is 2.35. The monoisotopic (exact) mass is 291 g/mol. The summed E-state index contributed by atoms with van der Waals surface area (Å²) in [5.74, 6) is 1.45. The van der Waals surface area contributed by atoms with Crippen LogP contribution in [0.1, 0.15) is 33.1 Å². The van der Waals surface area contributed by atoms with Crippen LogP contribution in [0.15, 0.2) is 24.0 Å². The van der Waals surface area contributed by atoms with Gasteiger partial charge in [0, 0.05) is 24.6 Å². The molecule has 1 saturated heterocycles. The van der Waals surface area contributed by atoms with Crippen molar-refractivity contribution in [1.82, 2.24) is 9.97 Å². The number of rotatable bonds is 5. The predicted octanol–water partition coefficient (Wildman–Crippen LogP) is 2.42. The summed E-state index contributed by atoms with van der Waals surface area (Å²) in [6.45, 7) is 6.17. The Morgan fingerprint density at radius 2 is 2.29 bits per heavy atom. The molecule has 116 valence electrons. The Kier molecular flexibility index (Phi) is 5.17. The van der Waals surface area contributed by atoms with Gasteiger partial charge in [-0.2, -0.15) is 0 Å². The molecule has 1 aromatic rings. The number of aliphatic hydroxyl groups is 1. The normalized spacial score (nSPS) is 22.0. The second-order valence-corrected chi connectivity index (χ2v) is 6.09. The van der Waals surface area contributed by atoms with Gasteiger partial charge >= 0.3 is 0 Å². The van der Waals surface area contributed by atoms with Crippen molar-refractivity contribution in [1.29, 1.82) is 0 Å². The second kappa shape index (κ2) is 6.89. The highest BCUT2D eigenvalue weighted by atomic mass is 16.5. The standard InChI is InChI=1S/C16H25N3O2/c1-13(2)5-7-16(11-20)6-4-8-19(10-16)14-9-15(21-3)18-12-17-14/h5,9,12,20H,4,6-8,10-11H2,1-3H3. The predicted molar refractivity (Wildman–Crippen MR) is 83.6 cm³/mol. The van der Waals surface area contributed by atoms with E-state index >= 15 is 0 Å². The van der Waals surface area contributed by atoms with Crippen molar-refractivity contribution in [3.8, 4) is 5.88 Å². The number of aromatic nitrogens is 2. The summed E-state index contributed by atoms with van der Waals surface area (Å²) >= 11 is 0. The lowest BCUT2D eigenvalue weighted by atomic mass is 9.77. The molecule has 1 aromatic heterocycles. The molecule has 0 amide bonds. The van der Waals surface area contributed by atoms with Gasteiger partial charge in [0.05, 0.1) is 13.7 Å². The largest absolute Gasteiger partial charge is 0.481 e. The lowest BCUT2D eigenvalue weighted by Crippen LogP contribution is -2.45. The Morgan fingerprint density at radius 3 is 2.95 bits per heavy atom. The Balaban J connectivity index is 2.16. The number of nitrogens with zero attached hydrogens (tertiary/aromatic N) is 3. The summed E-state index contributed by atoms with van der Waals surface area (Å²) in [5, 5.41) is 9.91. The minimum atomic E-state index is -0.0757. The smallest absolute Gasteiger partial charge is 0.218 e. The van der Waals surface area contributed by atoms with E-state index in [0.29, 0.717) is 5.88 Å². The van der Waals surface area contributed by atoms with Crippen molar-refractivity contribution in [2.24, 2.45) is 5.41 Å². The molecule has 2 rings (SSSR count). The fourth-order valence-corrected chi connectivity index (χ4v) is 2.80. The van der Waals surface area contributed by atoms with Crippen LogP contribution in [0.3, 0.4) is 0 Å². The van der Waals surface area contributed by atoms with E-state index in [-0.39, 0.29) is 12.0 Å². The average Bonchev–Trinajstić information content (AvgIpc) is 2.53. The summed E-state index contributed by atoms with van der Waals surface area (Å²) in [7, 11) is 1.61. The number of methoxy groups -OCH3 is 1. The summed E-state index contributed by atoms with van der Waals surface area (Å²) in [6.07, 6.45) is 6.76. The van der Waals surface area contributed by atoms with E-state index in [9.17, 15) is 5.11 Å². The first kappa shape index (κ1) is 15.8. The van der Waals surface area contributed by atoms with Gasteiger partial charge < -0.3 is 14.7 Å². The van der Waals surface area contributed by atoms with E-state index in [1.807, 2.05) is 6.07 Å². The third-order valence-corrected chi connectivity index (χ3v) is 4.10. The minimum Gasteiger partial charge on any atom is -0.481 e. The van der Waals surface area contributed by atoms with Gasteiger partial charge in [0.25, 0.3) is 0 Å². The van der Waals surface area contributed by atoms with Gasteiger partial charge in [-0.15, -0.1) is 0 Å². The van der Waals surface area contributed by atoms with Crippen molar-refractivity contribution in [3.63, 3.8) is 0 Å². The number of aliphatic hydroxyl groups excluding tert-OH is 1. The first-order valence-corrected chi connectivity index (χ1v) is 7.44. The molecular weight excluding hydrogens is 266 g/mol. The van der Waals surface area contributed by atoms with Crippen molar-refractivity contribution < 1.29 is 9.84 Å². The highest BCUT2D eigenvalue weighted by Gasteiger charge is 2.34. The molecule has 1 fully saturated rings. The van der Waals surface area contributed by atoms with Crippen LogP contribution in [0.2, 0.25) is 0 Å². The van der Waals surface area contributed by atoms with E-state index in [4.69, 9.17) is 4.74 Å². The number of ether oxygens (including phenoxy) is 1. The van der Waals surface area contributed by atoms with Crippen molar-refractivity contribution in [2.45, 2.75) is 33.1 Å². The molecule has 1 N–H and O–H groups in total. The van der Waals surface area contributed by atoms with Gasteiger partial charge in [-0.3, -0.25) is 0 Å². The van der Waals surface area contributed by atoms with Gasteiger partial charge in [0.2, 0.25) is 5.88 Å². The Morgan fingerprint density at radius 1 is 1.48 bits per heavy atom. The third kappa shape index (κ3) is 3.94. The van der Waals surface area contributed by atoms with Crippen LogP contribution in [0.5, 0.6) is 5.88 Å². The molecule has 0 spiro atoms. The van der Waals surface area contributed by atoms with Gasteiger partial charge in [-0.25, -0.2) is 9.97 Å². The molecule has 5 nitrogen and oxygen atoms in total. The second-order valence-electron chi connectivity index (χ2n) is 6.09. The van der Waals surface area contributed by atoms with Crippen LogP contribution in [0.25, 0.3) is 0 Å². The first-order valence-electron chi connectivity index (χ1n) is 7.44. The molecule has 1 unspecified atom stereocenters. The molecule has 0 aromatic carbocycles. The number of hydrogen-bond donors (Lipinski definition) is 1. The zero-order valence-corrected chi connectivity index (χ0v) is 13.2. The van der Waals surface area contributed by atoms with E-state index in [1.165, 1.54) is 11.9 Å². The fraction of sp³-hybridized carbons (Fsp3) is 0.625. The fourth-order valence-electron chi connectivity index (χ4n) is 2.80. The molecule has 0 radical (unpaired) electrons. The SMILES string of the molecule is COc1cc(N2CCCC(CO)(CC=C(C)C)C2)ncn1. The van der Waals surface area contributed by atoms with Crippen LogP contribution >= 0.6 is 0 Å². The molecule has 21 heavy (non-hydrogen) atoms. The van der Waals surface area contributed by atoms with E-state index < -0.39 is 0 Å². The van der Waals surface area contributed by atoms with E-state index in [2.05, 4.69) is 34.8 Å². The minimum absolute atomic E-state index is 0.0757. The van der Waals surface area contributed by atoms with Gasteiger partial charge in [-0.1, -0.05) is 11.6 Å². The summed E-state index contributed by atoms with van der Waals surface area (Å²) in [5.41, 5.74) is 1.22. The van der Waals surface area contributed by atoms with Crippen LogP contribution in [0.4, 0.5) is 5.82 Å². The maximum atomic E-state index is 9.91. The molecule has 0 saturated carbocycles. The number of hydrogen-bond acceptors (Lipinski definition) is 5. The number of piperidine rings is 1. The maximum Gasteiger partial charge on any atom is 0.218 e. The topological polar surface area (TPSA) is 58.5 Å².